The maximum absolute atomic E-state index is 6.82. The van der Waals surface area contributed by atoms with E-state index in [4.69, 9.17) is 34.3 Å². The van der Waals surface area contributed by atoms with Gasteiger partial charge in [0.15, 0.2) is 34.9 Å². The van der Waals surface area contributed by atoms with Crippen LogP contribution < -0.4 is 0 Å². The first kappa shape index (κ1) is 37.4. The average molecular weight is 823 g/mol. The summed E-state index contributed by atoms with van der Waals surface area (Å²) in [4.78, 5) is 30.5. The van der Waals surface area contributed by atoms with Gasteiger partial charge in [0.05, 0.1) is 5.56 Å². The second-order valence-corrected chi connectivity index (χ2v) is 16.7. The summed E-state index contributed by atoms with van der Waals surface area (Å²) in [5.74, 6) is 3.63. The Morgan fingerprint density at radius 1 is 0.344 bits per heavy atom. The van der Waals surface area contributed by atoms with Crippen LogP contribution in [0.3, 0.4) is 0 Å². The molecule has 302 valence electrons. The van der Waals surface area contributed by atoms with Gasteiger partial charge in [-0.2, -0.15) is 0 Å². The van der Waals surface area contributed by atoms with Crippen LogP contribution in [0.2, 0.25) is 0 Å². The minimum Gasteiger partial charge on any atom is -0.455 e. The lowest BCUT2D eigenvalue weighted by Crippen LogP contribution is -2.14. The van der Waals surface area contributed by atoms with Crippen molar-refractivity contribution >= 4 is 21.9 Å². The summed E-state index contributed by atoms with van der Waals surface area (Å²) in [7, 11) is 0. The summed E-state index contributed by atoms with van der Waals surface area (Å²) >= 11 is 0. The largest absolute Gasteiger partial charge is 0.455 e. The van der Waals surface area contributed by atoms with E-state index in [1.54, 1.807) is 0 Å². The molecular formula is C57H38N6O. The molecule has 0 N–H and O–H groups in total. The highest BCUT2D eigenvalue weighted by atomic mass is 16.3. The highest BCUT2D eigenvalue weighted by molar-refractivity contribution is 6.16. The second kappa shape index (κ2) is 14.9. The van der Waals surface area contributed by atoms with E-state index in [0.29, 0.717) is 34.9 Å². The van der Waals surface area contributed by atoms with Crippen LogP contribution in [0.25, 0.3) is 113 Å². The maximum Gasteiger partial charge on any atom is 0.167 e. The minimum atomic E-state index is -0.274. The highest BCUT2D eigenvalue weighted by Crippen LogP contribution is 2.53. The summed E-state index contributed by atoms with van der Waals surface area (Å²) in [6.45, 7) is 4.61. The van der Waals surface area contributed by atoms with Crippen molar-refractivity contribution in [3.8, 4) is 90.6 Å². The van der Waals surface area contributed by atoms with Crippen LogP contribution >= 0.6 is 0 Å². The molecule has 12 rings (SSSR count). The van der Waals surface area contributed by atoms with Gasteiger partial charge in [-0.3, -0.25) is 0 Å². The number of aromatic nitrogens is 6. The average Bonchev–Trinajstić information content (AvgIpc) is 3.86. The fraction of sp³-hybridized carbons (Fsp3) is 0.0526. The first-order valence-electron chi connectivity index (χ1n) is 21.5. The summed E-state index contributed by atoms with van der Waals surface area (Å²) < 4.78 is 6.82. The third-order valence-corrected chi connectivity index (χ3v) is 12.4. The Morgan fingerprint density at radius 3 is 1.36 bits per heavy atom. The normalized spacial score (nSPS) is 12.7. The van der Waals surface area contributed by atoms with Crippen LogP contribution in [0, 0.1) is 0 Å². The van der Waals surface area contributed by atoms with E-state index in [2.05, 4.69) is 74.5 Å². The Balaban J connectivity index is 1.05. The maximum atomic E-state index is 6.82. The zero-order chi connectivity index (χ0) is 42.8. The Hall–Kier alpha value is -8.42. The Labute approximate surface area is 369 Å². The molecule has 1 aliphatic carbocycles. The number of benzene rings is 8. The molecule has 0 fully saturated rings. The van der Waals surface area contributed by atoms with Gasteiger partial charge < -0.3 is 4.42 Å². The van der Waals surface area contributed by atoms with Gasteiger partial charge in [-0.25, -0.2) is 29.9 Å². The lowest BCUT2D eigenvalue weighted by atomic mass is 9.82. The van der Waals surface area contributed by atoms with Crippen LogP contribution in [0.4, 0.5) is 0 Å². The van der Waals surface area contributed by atoms with Crippen molar-refractivity contribution in [2.24, 2.45) is 0 Å². The number of para-hydroxylation sites is 1. The molecule has 1 aliphatic rings. The molecule has 7 heteroatoms. The van der Waals surface area contributed by atoms with Crippen LogP contribution in [-0.2, 0) is 5.41 Å². The van der Waals surface area contributed by atoms with Gasteiger partial charge in [-0.1, -0.05) is 190 Å². The zero-order valence-corrected chi connectivity index (χ0v) is 35.1. The summed E-state index contributed by atoms with van der Waals surface area (Å²) in [5, 5.41) is 2.02. The summed E-state index contributed by atoms with van der Waals surface area (Å²) in [6.07, 6.45) is 0. The van der Waals surface area contributed by atoms with Crippen molar-refractivity contribution in [3.05, 3.63) is 205 Å². The van der Waals surface area contributed by atoms with Crippen molar-refractivity contribution in [1.82, 2.24) is 29.9 Å². The fourth-order valence-corrected chi connectivity index (χ4v) is 9.26. The molecule has 7 nitrogen and oxygen atoms in total. The van der Waals surface area contributed by atoms with E-state index < -0.39 is 0 Å². The molecule has 0 saturated heterocycles. The van der Waals surface area contributed by atoms with Crippen molar-refractivity contribution in [2.75, 3.05) is 0 Å². The SMILES string of the molecule is CC1(C)c2ccc(-c3ccc(-c4nc(-c5ccccc5)nc(-c5ccccc5)n4)c4oc5ccccc5c34)cc2-c2c(-c3nc(-c4ccccc4)nc(-c4ccccc4)n3)cccc21. The van der Waals surface area contributed by atoms with Gasteiger partial charge >= 0.3 is 0 Å². The van der Waals surface area contributed by atoms with E-state index in [1.807, 2.05) is 133 Å². The van der Waals surface area contributed by atoms with E-state index in [0.717, 1.165) is 77.6 Å². The Bertz CT molecular complexity index is 3450. The van der Waals surface area contributed by atoms with Gasteiger partial charge in [-0.15, -0.1) is 0 Å². The van der Waals surface area contributed by atoms with Crippen molar-refractivity contribution in [3.63, 3.8) is 0 Å². The molecule has 11 aromatic rings. The van der Waals surface area contributed by atoms with Gasteiger partial charge in [-0.05, 0) is 51.6 Å². The monoisotopic (exact) mass is 822 g/mol. The van der Waals surface area contributed by atoms with E-state index in [9.17, 15) is 0 Å². The molecule has 0 spiro atoms. The van der Waals surface area contributed by atoms with Crippen LogP contribution in [0.5, 0.6) is 0 Å². The van der Waals surface area contributed by atoms with Crippen LogP contribution in [0.15, 0.2) is 199 Å². The van der Waals surface area contributed by atoms with E-state index in [-0.39, 0.29) is 5.41 Å². The van der Waals surface area contributed by atoms with Crippen LogP contribution in [-0.4, -0.2) is 29.9 Å². The minimum absolute atomic E-state index is 0.274. The second-order valence-electron chi connectivity index (χ2n) is 16.7. The first-order chi connectivity index (χ1) is 31.5. The Kier molecular flexibility index (Phi) is 8.69. The standard InChI is InChI=1S/C57H38N6O/c1-57(2)45-33-30-39(34-44(45)48-42(27-17-28-46(48)57)55-60-51(35-18-7-3-8-19-35)58-52(61-55)36-20-9-4-10-21-36)40-31-32-43(50-49(40)41-26-15-16-29-47(41)64-50)56-62-53(37-22-11-5-12-23-37)59-54(63-56)38-24-13-6-14-25-38/h3-34H,1-2H3. The molecule has 0 bridgehead atoms. The summed E-state index contributed by atoms with van der Waals surface area (Å²) in [6, 6.07) is 66.3. The predicted octanol–water partition coefficient (Wildman–Crippen LogP) is 13.9. The molecule has 0 aliphatic heterocycles. The van der Waals surface area contributed by atoms with Crippen molar-refractivity contribution in [2.45, 2.75) is 19.3 Å². The fourth-order valence-electron chi connectivity index (χ4n) is 9.26. The smallest absolute Gasteiger partial charge is 0.167 e. The first-order valence-corrected chi connectivity index (χ1v) is 21.5. The van der Waals surface area contributed by atoms with Crippen molar-refractivity contribution < 1.29 is 4.42 Å². The number of furan rings is 1. The Morgan fingerprint density at radius 2 is 0.812 bits per heavy atom. The quantitative estimate of drug-likeness (QED) is 0.158. The van der Waals surface area contributed by atoms with Crippen LogP contribution in [0.1, 0.15) is 25.0 Å². The molecule has 0 amide bonds. The molecule has 3 heterocycles. The molecule has 0 saturated carbocycles. The molecule has 8 aromatic carbocycles. The van der Waals surface area contributed by atoms with Crippen molar-refractivity contribution in [1.29, 1.82) is 0 Å². The number of hydrogen-bond acceptors (Lipinski definition) is 7. The number of rotatable bonds is 7. The lowest BCUT2D eigenvalue weighted by Gasteiger charge is -2.21. The zero-order valence-electron chi connectivity index (χ0n) is 35.1. The molecular weight excluding hydrogens is 785 g/mol. The van der Waals surface area contributed by atoms with E-state index in [1.165, 1.54) is 11.1 Å². The number of hydrogen-bond donors (Lipinski definition) is 0. The van der Waals surface area contributed by atoms with E-state index >= 15 is 0 Å². The van der Waals surface area contributed by atoms with Gasteiger partial charge in [0.25, 0.3) is 0 Å². The topological polar surface area (TPSA) is 90.5 Å². The van der Waals surface area contributed by atoms with Gasteiger partial charge in [0.1, 0.15) is 11.2 Å². The molecule has 0 radical (unpaired) electrons. The predicted molar refractivity (Wildman–Crippen MR) is 256 cm³/mol. The molecule has 3 aromatic heterocycles. The molecule has 64 heavy (non-hydrogen) atoms. The molecule has 0 unspecified atom stereocenters. The third-order valence-electron chi connectivity index (χ3n) is 12.4. The summed E-state index contributed by atoms with van der Waals surface area (Å²) in [5.41, 5.74) is 13.6. The highest BCUT2D eigenvalue weighted by Gasteiger charge is 2.38. The third kappa shape index (κ3) is 6.20. The lowest BCUT2D eigenvalue weighted by molar-refractivity contribution is 0.660. The molecule has 0 atom stereocenters. The van der Waals surface area contributed by atoms with Gasteiger partial charge in [0.2, 0.25) is 0 Å². The number of nitrogens with zero attached hydrogens (tertiary/aromatic N) is 6. The van der Waals surface area contributed by atoms with Gasteiger partial charge in [0, 0.05) is 44.0 Å². The number of fused-ring (bicyclic) bond motifs is 6.